The Kier molecular flexibility index (Phi) is 10.2. The van der Waals surface area contributed by atoms with Crippen molar-refractivity contribution in [2.45, 2.75) is 80.5 Å². The molecule has 0 saturated carbocycles. The lowest BCUT2D eigenvalue weighted by Crippen LogP contribution is -2.64. The fourth-order valence-corrected chi connectivity index (χ4v) is 3.34. The molecule has 0 aliphatic carbocycles. The normalized spacial score (nSPS) is 43.8. The van der Waals surface area contributed by atoms with Crippen LogP contribution in [0.2, 0.25) is 0 Å². The zero-order chi connectivity index (χ0) is 23.3. The van der Waals surface area contributed by atoms with Gasteiger partial charge in [-0.25, -0.2) is 0 Å². The van der Waals surface area contributed by atoms with Crippen molar-refractivity contribution in [2.75, 3.05) is 19.8 Å². The van der Waals surface area contributed by atoms with E-state index in [1.54, 1.807) is 13.0 Å². The van der Waals surface area contributed by atoms with Crippen LogP contribution in [-0.4, -0.2) is 134 Å². The van der Waals surface area contributed by atoms with Crippen molar-refractivity contribution in [2.24, 2.45) is 5.73 Å². The third kappa shape index (κ3) is 6.17. The van der Waals surface area contributed by atoms with Crippen molar-refractivity contribution in [3.63, 3.8) is 0 Å². The number of hydrogen-bond donors (Lipinski definition) is 9. The smallest absolute Gasteiger partial charge is 0.187 e. The minimum Gasteiger partial charge on any atom is -0.394 e. The van der Waals surface area contributed by atoms with Crippen molar-refractivity contribution >= 4 is 0 Å². The van der Waals surface area contributed by atoms with E-state index < -0.39 is 86.8 Å². The minimum absolute atomic E-state index is 0.240. The number of aliphatic hydroxyl groups is 8. The first-order valence-corrected chi connectivity index (χ1v) is 9.92. The van der Waals surface area contributed by atoms with Gasteiger partial charge in [0.1, 0.15) is 48.8 Å². The van der Waals surface area contributed by atoms with Crippen LogP contribution in [0.15, 0.2) is 12.2 Å². The van der Waals surface area contributed by atoms with Crippen LogP contribution in [0.3, 0.4) is 0 Å². The standard InChI is InChI=1S/C18H33NO12/c1-2-3-8(22)7(19)6-28-17-15(27)13(25)16(10(5-21)30-17)31-18-14(26)12(24)11(23)9(4-20)29-18/h2-3,7-18,20-27H,4-6,19H2,1H3/b3-2+/t7-,8+,9?,10?,11-,12?,13?,14?,15?,16+,17+,18-/m0/s1. The van der Waals surface area contributed by atoms with Crippen LogP contribution in [0.25, 0.3) is 0 Å². The predicted octanol–water partition coefficient (Wildman–Crippen LogP) is -5.11. The molecule has 6 unspecified atom stereocenters. The van der Waals surface area contributed by atoms with Gasteiger partial charge in [-0.05, 0) is 6.92 Å². The van der Waals surface area contributed by atoms with Gasteiger partial charge in [0.05, 0.1) is 32.0 Å². The number of rotatable bonds is 9. The van der Waals surface area contributed by atoms with Gasteiger partial charge in [0.15, 0.2) is 12.6 Å². The average molecular weight is 455 g/mol. The van der Waals surface area contributed by atoms with Crippen molar-refractivity contribution < 1.29 is 59.8 Å². The highest BCUT2D eigenvalue weighted by molar-refractivity contribution is 4.95. The van der Waals surface area contributed by atoms with Crippen LogP contribution in [0.5, 0.6) is 0 Å². The largest absolute Gasteiger partial charge is 0.394 e. The van der Waals surface area contributed by atoms with Gasteiger partial charge in [-0.1, -0.05) is 12.2 Å². The fourth-order valence-electron chi connectivity index (χ4n) is 3.34. The molecular weight excluding hydrogens is 422 g/mol. The molecule has 0 bridgehead atoms. The Morgan fingerprint density at radius 2 is 1.45 bits per heavy atom. The molecule has 0 aromatic carbocycles. The van der Waals surface area contributed by atoms with Crippen molar-refractivity contribution in [1.82, 2.24) is 0 Å². The van der Waals surface area contributed by atoms with E-state index in [1.165, 1.54) is 6.08 Å². The van der Waals surface area contributed by atoms with Gasteiger partial charge in [-0.2, -0.15) is 0 Å². The minimum atomic E-state index is -1.75. The Labute approximate surface area is 178 Å². The molecule has 2 rings (SSSR count). The maximum atomic E-state index is 10.5. The summed E-state index contributed by atoms with van der Waals surface area (Å²) < 4.78 is 21.5. The summed E-state index contributed by atoms with van der Waals surface area (Å²) in [6.07, 6.45) is -13.3. The summed E-state index contributed by atoms with van der Waals surface area (Å²) in [5, 5.41) is 79.3. The van der Waals surface area contributed by atoms with Crippen molar-refractivity contribution in [1.29, 1.82) is 0 Å². The van der Waals surface area contributed by atoms with Crippen LogP contribution in [0.1, 0.15) is 6.92 Å². The molecule has 2 fully saturated rings. The molecule has 0 aromatic heterocycles. The van der Waals surface area contributed by atoms with E-state index >= 15 is 0 Å². The maximum absolute atomic E-state index is 10.5. The quantitative estimate of drug-likeness (QED) is 0.148. The zero-order valence-electron chi connectivity index (χ0n) is 17.0. The van der Waals surface area contributed by atoms with Gasteiger partial charge in [0.25, 0.3) is 0 Å². The Bertz CT molecular complexity index is 564. The molecule has 2 aliphatic rings. The highest BCUT2D eigenvalue weighted by Gasteiger charge is 2.50. The number of ether oxygens (including phenoxy) is 4. The molecule has 0 amide bonds. The Hall–Kier alpha value is -0.780. The van der Waals surface area contributed by atoms with Gasteiger partial charge in [-0.3, -0.25) is 0 Å². The second-order valence-corrected chi connectivity index (χ2v) is 7.52. The van der Waals surface area contributed by atoms with E-state index in [9.17, 15) is 40.9 Å². The zero-order valence-corrected chi connectivity index (χ0v) is 17.0. The lowest BCUT2D eigenvalue weighted by atomic mass is 9.97. The summed E-state index contributed by atoms with van der Waals surface area (Å²) in [6.45, 7) is 0.0910. The third-order valence-corrected chi connectivity index (χ3v) is 5.24. The van der Waals surface area contributed by atoms with E-state index in [-0.39, 0.29) is 6.61 Å². The van der Waals surface area contributed by atoms with Gasteiger partial charge >= 0.3 is 0 Å². The molecule has 2 aliphatic heterocycles. The predicted molar refractivity (Wildman–Crippen MR) is 101 cm³/mol. The van der Waals surface area contributed by atoms with Gasteiger partial charge in [0, 0.05) is 0 Å². The summed E-state index contributed by atoms with van der Waals surface area (Å²) >= 11 is 0. The third-order valence-electron chi connectivity index (χ3n) is 5.24. The molecule has 13 heteroatoms. The van der Waals surface area contributed by atoms with Crippen LogP contribution in [-0.2, 0) is 18.9 Å². The molecule has 31 heavy (non-hydrogen) atoms. The second kappa shape index (κ2) is 11.9. The molecule has 0 radical (unpaired) electrons. The number of allylic oxidation sites excluding steroid dienone is 1. The lowest BCUT2D eigenvalue weighted by Gasteiger charge is -2.46. The molecular formula is C18H33NO12. The summed E-state index contributed by atoms with van der Waals surface area (Å²) in [7, 11) is 0. The van der Waals surface area contributed by atoms with Crippen LogP contribution in [0, 0.1) is 0 Å². The van der Waals surface area contributed by atoms with Crippen LogP contribution in [0.4, 0.5) is 0 Å². The van der Waals surface area contributed by atoms with Crippen LogP contribution < -0.4 is 5.73 Å². The van der Waals surface area contributed by atoms with E-state index in [4.69, 9.17) is 24.7 Å². The number of hydrogen-bond acceptors (Lipinski definition) is 13. The topological polar surface area (TPSA) is 225 Å². The second-order valence-electron chi connectivity index (χ2n) is 7.52. The Balaban J connectivity index is 2.03. The lowest BCUT2D eigenvalue weighted by molar-refractivity contribution is -0.359. The first-order chi connectivity index (χ1) is 14.7. The van der Waals surface area contributed by atoms with Crippen molar-refractivity contribution in [3.05, 3.63) is 12.2 Å². The Morgan fingerprint density at radius 3 is 2.03 bits per heavy atom. The molecule has 2 heterocycles. The molecule has 0 aromatic rings. The average Bonchev–Trinajstić information content (AvgIpc) is 2.76. The molecule has 12 atom stereocenters. The summed E-state index contributed by atoms with van der Waals surface area (Å²) in [5.74, 6) is 0. The van der Waals surface area contributed by atoms with E-state index in [2.05, 4.69) is 0 Å². The van der Waals surface area contributed by atoms with Crippen LogP contribution >= 0.6 is 0 Å². The van der Waals surface area contributed by atoms with Crippen molar-refractivity contribution in [3.8, 4) is 0 Å². The molecule has 2 saturated heterocycles. The van der Waals surface area contributed by atoms with E-state index in [0.717, 1.165) is 0 Å². The fraction of sp³-hybridized carbons (Fsp3) is 0.889. The summed E-state index contributed by atoms with van der Waals surface area (Å²) in [4.78, 5) is 0. The maximum Gasteiger partial charge on any atom is 0.187 e. The van der Waals surface area contributed by atoms with E-state index in [1.807, 2.05) is 0 Å². The van der Waals surface area contributed by atoms with Gasteiger partial charge in [-0.15, -0.1) is 0 Å². The molecule has 10 N–H and O–H groups in total. The number of aliphatic hydroxyl groups excluding tert-OH is 8. The highest BCUT2D eigenvalue weighted by Crippen LogP contribution is 2.29. The number of nitrogens with two attached hydrogens (primary N) is 1. The summed E-state index contributed by atoms with van der Waals surface area (Å²) in [6, 6.07) is -0.847. The molecule has 0 spiro atoms. The highest BCUT2D eigenvalue weighted by atomic mass is 16.7. The first kappa shape index (κ1) is 26.5. The molecule has 13 nitrogen and oxygen atoms in total. The van der Waals surface area contributed by atoms with E-state index in [0.29, 0.717) is 0 Å². The first-order valence-electron chi connectivity index (χ1n) is 9.92. The van der Waals surface area contributed by atoms with Gasteiger partial charge in [0.2, 0.25) is 0 Å². The Morgan fingerprint density at radius 1 is 0.871 bits per heavy atom. The SMILES string of the molecule is C/C=C/[C@@H](O)[C@@H](N)CO[C@@H]1OC(CO)[C@@H](O[C@@H]2OC(CO)[C@H](O)C(O)C2O)C(O)C1O. The van der Waals surface area contributed by atoms with Gasteiger partial charge < -0.3 is 65.5 Å². The summed E-state index contributed by atoms with van der Waals surface area (Å²) in [5.41, 5.74) is 5.78. The monoisotopic (exact) mass is 455 g/mol. The molecule has 182 valence electrons.